The van der Waals surface area contributed by atoms with Gasteiger partial charge in [0, 0.05) is 16.8 Å². The first-order chi connectivity index (χ1) is 13.7. The summed E-state index contributed by atoms with van der Waals surface area (Å²) in [7, 11) is -1.41. The van der Waals surface area contributed by atoms with Crippen LogP contribution >= 0.6 is 0 Å². The van der Waals surface area contributed by atoms with E-state index in [1.54, 1.807) is 0 Å². The Balaban J connectivity index is 0.00000256. The Kier molecular flexibility index (Phi) is 6.08. The predicted octanol–water partition coefficient (Wildman–Crippen LogP) is -1.64. The molecule has 0 fully saturated rings. The molecular weight excluding hydrogens is 451 g/mol. The van der Waals surface area contributed by atoms with Gasteiger partial charge in [0.1, 0.15) is 0 Å². The van der Waals surface area contributed by atoms with Gasteiger partial charge in [-0.25, -0.2) is 18.0 Å². The van der Waals surface area contributed by atoms with Crippen LogP contribution in [-0.2, 0) is 10.4 Å². The fraction of sp³-hybridized carbons (Fsp3) is 0.176. The number of benzene rings is 2. The second kappa shape index (κ2) is 7.99. The van der Waals surface area contributed by atoms with Gasteiger partial charge in [0.25, 0.3) is 10.4 Å². The number of ether oxygens (including phenoxy) is 3. The molecule has 2 aromatic heterocycles. The van der Waals surface area contributed by atoms with Crippen molar-refractivity contribution in [1.29, 1.82) is 0 Å². The van der Waals surface area contributed by atoms with Crippen molar-refractivity contribution in [1.82, 2.24) is 0 Å². The molecule has 0 aliphatic heterocycles. The van der Waals surface area contributed by atoms with E-state index >= 15 is 0 Å². The summed E-state index contributed by atoms with van der Waals surface area (Å²) in [6.45, 7) is 0. The van der Waals surface area contributed by atoms with E-state index in [0.29, 0.717) is 0 Å². The fourth-order valence-corrected chi connectivity index (χ4v) is 3.60. The van der Waals surface area contributed by atoms with Crippen molar-refractivity contribution >= 4 is 43.1 Å². The normalized spacial score (nSPS) is 11.6. The standard InChI is InChI=1S/C17H12O11S.K/c1-23-8-4-6-10-11-7(17(19)26-14(10)12(8)24-2)5-9(28-29(20,21)22)13(25-3)15(11)27-16(6)18;/h4-5H,1-3H3,(H,20,21,22);/q;+1/p-1. The van der Waals surface area contributed by atoms with Crippen LogP contribution in [0.25, 0.3) is 32.7 Å². The van der Waals surface area contributed by atoms with Gasteiger partial charge in [0.2, 0.25) is 11.5 Å². The molecule has 0 saturated carbocycles. The average Bonchev–Trinajstić information content (AvgIpc) is 2.65. The van der Waals surface area contributed by atoms with E-state index in [-0.39, 0.29) is 101 Å². The van der Waals surface area contributed by atoms with Gasteiger partial charge in [-0.15, -0.1) is 0 Å². The molecule has 30 heavy (non-hydrogen) atoms. The molecule has 0 amide bonds. The minimum Gasteiger partial charge on any atom is -0.716 e. The van der Waals surface area contributed by atoms with Crippen LogP contribution in [0.15, 0.2) is 30.6 Å². The summed E-state index contributed by atoms with van der Waals surface area (Å²) in [6, 6.07) is 2.31. The van der Waals surface area contributed by atoms with E-state index in [1.807, 2.05) is 0 Å². The van der Waals surface area contributed by atoms with Crippen LogP contribution in [0.2, 0.25) is 0 Å². The number of methoxy groups -OCH3 is 3. The molecule has 0 saturated heterocycles. The summed E-state index contributed by atoms with van der Waals surface area (Å²) in [5.74, 6) is -0.805. The van der Waals surface area contributed by atoms with Crippen molar-refractivity contribution in [2.45, 2.75) is 0 Å². The van der Waals surface area contributed by atoms with Gasteiger partial charge < -0.3 is 31.8 Å². The van der Waals surface area contributed by atoms with Gasteiger partial charge >= 0.3 is 62.6 Å². The van der Waals surface area contributed by atoms with Crippen molar-refractivity contribution in [2.75, 3.05) is 21.3 Å². The monoisotopic (exact) mass is 462 g/mol. The first-order valence-corrected chi connectivity index (χ1v) is 9.17. The van der Waals surface area contributed by atoms with Gasteiger partial charge in [-0.2, -0.15) is 0 Å². The van der Waals surface area contributed by atoms with Gasteiger partial charge in [0.15, 0.2) is 22.7 Å². The second-order valence-electron chi connectivity index (χ2n) is 5.79. The maximum atomic E-state index is 12.6. The van der Waals surface area contributed by atoms with Crippen molar-refractivity contribution in [2.24, 2.45) is 0 Å². The molecule has 4 rings (SSSR count). The average molecular weight is 462 g/mol. The second-order valence-corrected chi connectivity index (χ2v) is 6.78. The van der Waals surface area contributed by atoms with Crippen molar-refractivity contribution in [3.63, 3.8) is 0 Å². The molecule has 152 valence electrons. The van der Waals surface area contributed by atoms with Gasteiger partial charge in [-0.05, 0) is 6.07 Å². The Bertz CT molecular complexity index is 1500. The van der Waals surface area contributed by atoms with Crippen LogP contribution in [0.1, 0.15) is 0 Å². The first kappa shape index (κ1) is 22.8. The predicted molar refractivity (Wildman–Crippen MR) is 97.2 cm³/mol. The Labute approximate surface area is 210 Å². The van der Waals surface area contributed by atoms with E-state index in [2.05, 4.69) is 4.18 Å². The summed E-state index contributed by atoms with van der Waals surface area (Å²) in [5.41, 5.74) is -2.17. The van der Waals surface area contributed by atoms with E-state index in [1.165, 1.54) is 20.3 Å². The van der Waals surface area contributed by atoms with Crippen LogP contribution in [0.4, 0.5) is 0 Å². The summed E-state index contributed by atoms with van der Waals surface area (Å²) in [6.07, 6.45) is 0. The molecule has 11 nitrogen and oxygen atoms in total. The SMILES string of the molecule is COc1cc2c(=O)oc3c(OC)c(OS(=O)(=O)[O-])cc4c(=O)oc(c1OC)c2c34.[K+]. The molecule has 0 bridgehead atoms. The molecule has 0 atom stereocenters. The quantitative estimate of drug-likeness (QED) is 0.110. The van der Waals surface area contributed by atoms with E-state index in [0.717, 1.165) is 13.2 Å². The van der Waals surface area contributed by atoms with E-state index in [4.69, 9.17) is 23.0 Å². The smallest absolute Gasteiger partial charge is 0.716 e. The summed E-state index contributed by atoms with van der Waals surface area (Å²) >= 11 is 0. The zero-order valence-electron chi connectivity index (χ0n) is 16.1. The minimum atomic E-state index is -5.22. The Morgan fingerprint density at radius 3 is 1.63 bits per heavy atom. The van der Waals surface area contributed by atoms with Crippen LogP contribution in [0, 0.1) is 0 Å². The van der Waals surface area contributed by atoms with Gasteiger partial charge in [0.05, 0.1) is 32.1 Å². The summed E-state index contributed by atoms with van der Waals surface area (Å²) < 4.78 is 63.7. The maximum absolute atomic E-state index is 12.6. The Morgan fingerprint density at radius 2 is 1.23 bits per heavy atom. The third-order valence-corrected chi connectivity index (χ3v) is 4.69. The molecule has 0 spiro atoms. The zero-order valence-corrected chi connectivity index (χ0v) is 20.0. The molecule has 2 heterocycles. The Hall–Kier alpha value is -1.87. The van der Waals surface area contributed by atoms with Gasteiger partial charge in [-0.1, -0.05) is 0 Å². The van der Waals surface area contributed by atoms with Crippen LogP contribution in [-0.4, -0.2) is 34.3 Å². The summed E-state index contributed by atoms with van der Waals surface area (Å²) in [4.78, 5) is 25.2. The largest absolute Gasteiger partial charge is 1.00 e. The molecule has 0 aliphatic rings. The van der Waals surface area contributed by atoms with E-state index < -0.39 is 27.4 Å². The van der Waals surface area contributed by atoms with Crippen molar-refractivity contribution in [3.8, 4) is 23.0 Å². The Morgan fingerprint density at radius 1 is 0.800 bits per heavy atom. The zero-order chi connectivity index (χ0) is 21.1. The number of hydrogen-bond donors (Lipinski definition) is 0. The fourth-order valence-electron chi connectivity index (χ4n) is 3.25. The molecular formula is C17H11KO11S. The van der Waals surface area contributed by atoms with Crippen LogP contribution < -0.4 is 81.0 Å². The summed E-state index contributed by atoms with van der Waals surface area (Å²) in [5, 5.41) is 0.0802. The third kappa shape index (κ3) is 3.45. The van der Waals surface area contributed by atoms with E-state index in [9.17, 15) is 22.6 Å². The topological polar surface area (TPSA) is 155 Å². The molecule has 13 heteroatoms. The maximum Gasteiger partial charge on any atom is 1.00 e. The van der Waals surface area contributed by atoms with Crippen LogP contribution in [0.5, 0.6) is 23.0 Å². The molecule has 2 aromatic carbocycles. The third-order valence-electron chi connectivity index (χ3n) is 4.30. The first-order valence-electron chi connectivity index (χ1n) is 7.84. The van der Waals surface area contributed by atoms with Crippen molar-refractivity contribution < 1.29 is 91.6 Å². The molecule has 0 N–H and O–H groups in total. The number of hydrogen-bond acceptors (Lipinski definition) is 11. The van der Waals surface area contributed by atoms with Crippen LogP contribution in [0.3, 0.4) is 0 Å². The molecule has 0 aliphatic carbocycles. The molecule has 0 radical (unpaired) electrons. The minimum absolute atomic E-state index is 0. The number of rotatable bonds is 5. The van der Waals surface area contributed by atoms with Crippen molar-refractivity contribution in [3.05, 3.63) is 33.0 Å². The van der Waals surface area contributed by atoms with Gasteiger partial charge in [-0.3, -0.25) is 0 Å². The molecule has 0 unspecified atom stereocenters. The molecule has 4 aromatic rings.